The Morgan fingerprint density at radius 3 is 1.56 bits per heavy atom. The average Bonchev–Trinajstić information content (AvgIpc) is 2.30. The van der Waals surface area contributed by atoms with Gasteiger partial charge >= 0.3 is 0 Å². The molecule has 0 saturated carbocycles. The molecule has 16 heavy (non-hydrogen) atoms. The Morgan fingerprint density at radius 1 is 0.688 bits per heavy atom. The maximum Gasteiger partial charge on any atom is 0.163 e. The summed E-state index contributed by atoms with van der Waals surface area (Å²) in [7, 11) is 0. The van der Waals surface area contributed by atoms with Crippen LogP contribution in [-0.2, 0) is 12.8 Å². The van der Waals surface area contributed by atoms with Crippen LogP contribution in [0.2, 0.25) is 0 Å². The first-order valence-electron chi connectivity index (χ1n) is 5.98. The second-order valence-corrected chi connectivity index (χ2v) is 4.67. The van der Waals surface area contributed by atoms with Crippen LogP contribution in [0.5, 0.6) is 0 Å². The van der Waals surface area contributed by atoms with Crippen molar-refractivity contribution in [2.75, 3.05) is 0 Å². The summed E-state index contributed by atoms with van der Waals surface area (Å²) in [4.78, 5) is 23.5. The Labute approximate surface area is 94.7 Å². The van der Waals surface area contributed by atoms with Crippen molar-refractivity contribution in [3.05, 3.63) is 34.4 Å². The first-order valence-corrected chi connectivity index (χ1v) is 5.98. The Morgan fingerprint density at radius 2 is 1.12 bits per heavy atom. The van der Waals surface area contributed by atoms with Gasteiger partial charge in [-0.1, -0.05) is 12.1 Å². The van der Waals surface area contributed by atoms with E-state index in [-0.39, 0.29) is 11.6 Å². The molecule has 0 aliphatic heterocycles. The molecule has 0 aromatic heterocycles. The number of carbonyl (C=O) groups excluding carboxylic acids is 2. The highest BCUT2D eigenvalue weighted by Crippen LogP contribution is 2.31. The van der Waals surface area contributed by atoms with E-state index >= 15 is 0 Å². The smallest absolute Gasteiger partial charge is 0.163 e. The van der Waals surface area contributed by atoms with Crippen LogP contribution < -0.4 is 0 Å². The van der Waals surface area contributed by atoms with Crippen LogP contribution in [0.15, 0.2) is 12.1 Å². The van der Waals surface area contributed by atoms with Gasteiger partial charge in [-0.3, -0.25) is 9.59 Å². The Bertz CT molecular complexity index is 441. The van der Waals surface area contributed by atoms with Crippen molar-refractivity contribution in [2.24, 2.45) is 0 Å². The third kappa shape index (κ3) is 1.33. The molecular weight excluding hydrogens is 200 g/mol. The number of hydrogen-bond acceptors (Lipinski definition) is 2. The monoisotopic (exact) mass is 214 g/mol. The molecule has 2 aliphatic carbocycles. The predicted octanol–water partition coefficient (Wildman–Crippen LogP) is 2.72. The Hall–Kier alpha value is -1.44. The SMILES string of the molecule is O=C1CCCc2c1ccc1c2CCCC1=O. The fourth-order valence-corrected chi connectivity index (χ4v) is 2.91. The third-order valence-electron chi connectivity index (χ3n) is 3.69. The molecular formula is C14H14O2. The highest BCUT2D eigenvalue weighted by Gasteiger charge is 2.25. The summed E-state index contributed by atoms with van der Waals surface area (Å²) in [5.74, 6) is 0.504. The van der Waals surface area contributed by atoms with Crippen LogP contribution in [0, 0.1) is 0 Å². The molecule has 0 heterocycles. The zero-order valence-corrected chi connectivity index (χ0v) is 9.21. The molecule has 2 aliphatic rings. The fraction of sp³-hybridized carbons (Fsp3) is 0.429. The predicted molar refractivity (Wildman–Crippen MR) is 61.0 cm³/mol. The van der Waals surface area contributed by atoms with Crippen molar-refractivity contribution in [3.63, 3.8) is 0 Å². The molecule has 82 valence electrons. The topological polar surface area (TPSA) is 34.1 Å². The van der Waals surface area contributed by atoms with Gasteiger partial charge in [0.15, 0.2) is 11.6 Å². The quantitative estimate of drug-likeness (QED) is 0.665. The summed E-state index contributed by atoms with van der Waals surface area (Å²) in [5, 5.41) is 0. The molecule has 1 aromatic rings. The first-order chi connectivity index (χ1) is 7.77. The first kappa shape index (κ1) is 9.76. The Kier molecular flexibility index (Phi) is 2.16. The van der Waals surface area contributed by atoms with E-state index in [9.17, 15) is 9.59 Å². The minimum Gasteiger partial charge on any atom is -0.294 e. The van der Waals surface area contributed by atoms with E-state index in [1.165, 1.54) is 11.1 Å². The summed E-state index contributed by atoms with van der Waals surface area (Å²) in [6.07, 6.45) is 5.15. The lowest BCUT2D eigenvalue weighted by molar-refractivity contribution is 0.0957. The molecule has 0 saturated heterocycles. The van der Waals surface area contributed by atoms with Gasteiger partial charge < -0.3 is 0 Å². The number of benzene rings is 1. The third-order valence-corrected chi connectivity index (χ3v) is 3.69. The minimum absolute atomic E-state index is 0.252. The lowest BCUT2D eigenvalue weighted by Gasteiger charge is -2.23. The molecule has 0 atom stereocenters. The second kappa shape index (κ2) is 3.55. The molecule has 0 amide bonds. The zero-order chi connectivity index (χ0) is 11.1. The van der Waals surface area contributed by atoms with Crippen LogP contribution in [0.4, 0.5) is 0 Å². The van der Waals surface area contributed by atoms with E-state index in [1.807, 2.05) is 12.1 Å². The molecule has 0 bridgehead atoms. The van der Waals surface area contributed by atoms with Crippen molar-refractivity contribution < 1.29 is 9.59 Å². The van der Waals surface area contributed by atoms with Crippen LogP contribution in [-0.4, -0.2) is 11.6 Å². The van der Waals surface area contributed by atoms with Crippen molar-refractivity contribution in [1.29, 1.82) is 0 Å². The summed E-state index contributed by atoms with van der Waals surface area (Å²) in [6, 6.07) is 3.72. The van der Waals surface area contributed by atoms with Crippen molar-refractivity contribution in [2.45, 2.75) is 38.5 Å². The lowest BCUT2D eigenvalue weighted by Crippen LogP contribution is -2.19. The number of carbonyl (C=O) groups is 2. The van der Waals surface area contributed by atoms with Gasteiger partial charge in [-0.15, -0.1) is 0 Å². The maximum atomic E-state index is 11.8. The van der Waals surface area contributed by atoms with Gasteiger partial charge in [0, 0.05) is 24.0 Å². The van der Waals surface area contributed by atoms with E-state index in [0.29, 0.717) is 12.8 Å². The van der Waals surface area contributed by atoms with Gasteiger partial charge in [0.25, 0.3) is 0 Å². The molecule has 0 unspecified atom stereocenters. The zero-order valence-electron chi connectivity index (χ0n) is 9.21. The fourth-order valence-electron chi connectivity index (χ4n) is 2.91. The summed E-state index contributed by atoms with van der Waals surface area (Å²) in [5.41, 5.74) is 4.09. The van der Waals surface area contributed by atoms with Crippen LogP contribution in [0.25, 0.3) is 0 Å². The van der Waals surface area contributed by atoms with Crippen LogP contribution >= 0.6 is 0 Å². The number of rotatable bonds is 0. The molecule has 2 heteroatoms. The summed E-state index contributed by atoms with van der Waals surface area (Å²) >= 11 is 0. The summed E-state index contributed by atoms with van der Waals surface area (Å²) in [6.45, 7) is 0. The molecule has 0 fully saturated rings. The van der Waals surface area contributed by atoms with Gasteiger partial charge in [0.05, 0.1) is 0 Å². The lowest BCUT2D eigenvalue weighted by atomic mass is 9.80. The molecule has 2 nitrogen and oxygen atoms in total. The molecule has 1 aromatic carbocycles. The number of Topliss-reactive ketones (excluding diaryl/α,β-unsaturated/α-hetero) is 2. The number of fused-ring (bicyclic) bond motifs is 3. The van der Waals surface area contributed by atoms with E-state index in [4.69, 9.17) is 0 Å². The van der Waals surface area contributed by atoms with E-state index in [0.717, 1.165) is 36.8 Å². The largest absolute Gasteiger partial charge is 0.294 e. The van der Waals surface area contributed by atoms with Gasteiger partial charge in [-0.2, -0.15) is 0 Å². The van der Waals surface area contributed by atoms with Crippen molar-refractivity contribution in [1.82, 2.24) is 0 Å². The van der Waals surface area contributed by atoms with E-state index in [1.54, 1.807) is 0 Å². The molecule has 0 N–H and O–H groups in total. The highest BCUT2D eigenvalue weighted by atomic mass is 16.1. The normalized spacial score (nSPS) is 19.2. The van der Waals surface area contributed by atoms with Crippen LogP contribution in [0.3, 0.4) is 0 Å². The number of ketones is 2. The second-order valence-electron chi connectivity index (χ2n) is 4.67. The van der Waals surface area contributed by atoms with Crippen LogP contribution in [0.1, 0.15) is 57.5 Å². The highest BCUT2D eigenvalue weighted by molar-refractivity contribution is 6.03. The van der Waals surface area contributed by atoms with Gasteiger partial charge in [-0.05, 0) is 36.8 Å². The average molecular weight is 214 g/mol. The van der Waals surface area contributed by atoms with Gasteiger partial charge in [0.2, 0.25) is 0 Å². The minimum atomic E-state index is 0.252. The van der Waals surface area contributed by atoms with Crippen molar-refractivity contribution in [3.8, 4) is 0 Å². The molecule has 0 radical (unpaired) electrons. The molecule has 3 rings (SSSR count). The van der Waals surface area contributed by atoms with E-state index in [2.05, 4.69) is 0 Å². The van der Waals surface area contributed by atoms with E-state index < -0.39 is 0 Å². The maximum absolute atomic E-state index is 11.8. The molecule has 0 spiro atoms. The standard InChI is InChI=1S/C14H14O2/c15-13-5-1-3-9-10-4-2-6-14(16)12(10)8-7-11(9)13/h7-8H,1-6H2. The van der Waals surface area contributed by atoms with Gasteiger partial charge in [-0.25, -0.2) is 0 Å². The van der Waals surface area contributed by atoms with Gasteiger partial charge in [0.1, 0.15) is 0 Å². The number of hydrogen-bond donors (Lipinski definition) is 0. The summed E-state index contributed by atoms with van der Waals surface area (Å²) < 4.78 is 0. The van der Waals surface area contributed by atoms with Crippen molar-refractivity contribution >= 4 is 11.6 Å². The Balaban J connectivity index is 2.21.